The van der Waals surface area contributed by atoms with E-state index in [0.717, 1.165) is 16.3 Å². The Balaban J connectivity index is 1.46. The van der Waals surface area contributed by atoms with E-state index in [1.54, 1.807) is 0 Å². The van der Waals surface area contributed by atoms with Gasteiger partial charge in [0.25, 0.3) is 0 Å². The molecule has 142 valence electrons. The molecule has 3 rings (SSSR count). The minimum absolute atomic E-state index is 0.0660. The lowest BCUT2D eigenvalue weighted by Gasteiger charge is -2.30. The third-order valence-electron chi connectivity index (χ3n) is 4.52. The number of amides is 1. The molecule has 7 heteroatoms. The van der Waals surface area contributed by atoms with Gasteiger partial charge in [-0.1, -0.05) is 42.1 Å². The molecule has 1 aliphatic heterocycles. The molecule has 2 heterocycles. The van der Waals surface area contributed by atoms with E-state index in [0.29, 0.717) is 38.3 Å². The van der Waals surface area contributed by atoms with Crippen LogP contribution in [0.2, 0.25) is 0 Å². The first-order valence-electron chi connectivity index (χ1n) is 9.13. The van der Waals surface area contributed by atoms with Gasteiger partial charge >= 0.3 is 5.97 Å². The van der Waals surface area contributed by atoms with Crippen molar-refractivity contribution in [3.05, 3.63) is 42.5 Å². The van der Waals surface area contributed by atoms with Gasteiger partial charge in [-0.3, -0.25) is 9.59 Å². The van der Waals surface area contributed by atoms with Gasteiger partial charge < -0.3 is 9.64 Å². The highest BCUT2D eigenvalue weighted by molar-refractivity contribution is 7.99. The van der Waals surface area contributed by atoms with Gasteiger partial charge in [0.15, 0.2) is 0 Å². The monoisotopic (exact) mass is 385 g/mol. The van der Waals surface area contributed by atoms with Gasteiger partial charge in [0.05, 0.1) is 24.0 Å². The van der Waals surface area contributed by atoms with Crippen LogP contribution >= 0.6 is 11.8 Å². The molecule has 1 aliphatic rings. The molecule has 0 bridgehead atoms. The molecule has 0 saturated carbocycles. The summed E-state index contributed by atoms with van der Waals surface area (Å²) in [7, 11) is 0. The second-order valence-corrected chi connectivity index (χ2v) is 7.31. The third-order valence-corrected chi connectivity index (χ3v) is 5.43. The van der Waals surface area contributed by atoms with Crippen LogP contribution in [-0.4, -0.2) is 52.4 Å². The molecule has 1 amide bonds. The van der Waals surface area contributed by atoms with E-state index in [1.807, 2.05) is 54.3 Å². The maximum Gasteiger partial charge on any atom is 0.309 e. The SMILES string of the molecule is CCOC(=O)C1CCN(C(=O)CSc2ccc(-c3ccccc3)nn2)CC1. The Bertz CT molecular complexity index is 760. The predicted molar refractivity (Wildman–Crippen MR) is 104 cm³/mol. The lowest BCUT2D eigenvalue weighted by atomic mass is 9.97. The fraction of sp³-hybridized carbons (Fsp3) is 0.400. The Kier molecular flexibility index (Phi) is 6.81. The largest absolute Gasteiger partial charge is 0.466 e. The van der Waals surface area contributed by atoms with E-state index in [9.17, 15) is 9.59 Å². The van der Waals surface area contributed by atoms with Crippen molar-refractivity contribution >= 4 is 23.6 Å². The van der Waals surface area contributed by atoms with Crippen LogP contribution in [0.25, 0.3) is 11.3 Å². The number of nitrogens with zero attached hydrogens (tertiary/aromatic N) is 3. The fourth-order valence-corrected chi connectivity index (χ4v) is 3.73. The van der Waals surface area contributed by atoms with Crippen molar-refractivity contribution < 1.29 is 14.3 Å². The van der Waals surface area contributed by atoms with E-state index in [-0.39, 0.29) is 17.8 Å². The Hall–Kier alpha value is -2.41. The third kappa shape index (κ3) is 5.29. The van der Waals surface area contributed by atoms with Gasteiger partial charge in [-0.05, 0) is 31.9 Å². The summed E-state index contributed by atoms with van der Waals surface area (Å²) in [6.45, 7) is 3.41. The van der Waals surface area contributed by atoms with E-state index >= 15 is 0 Å². The maximum absolute atomic E-state index is 12.4. The summed E-state index contributed by atoms with van der Waals surface area (Å²) >= 11 is 1.38. The smallest absolute Gasteiger partial charge is 0.309 e. The molecule has 6 nitrogen and oxygen atoms in total. The molecule has 0 spiro atoms. The molecule has 0 radical (unpaired) electrons. The van der Waals surface area contributed by atoms with E-state index in [4.69, 9.17) is 4.74 Å². The summed E-state index contributed by atoms with van der Waals surface area (Å²) in [6, 6.07) is 13.7. The quantitative estimate of drug-likeness (QED) is 0.562. The highest BCUT2D eigenvalue weighted by Crippen LogP contribution is 2.22. The number of hydrogen-bond donors (Lipinski definition) is 0. The fourth-order valence-electron chi connectivity index (χ4n) is 3.01. The molecular weight excluding hydrogens is 362 g/mol. The summed E-state index contributed by atoms with van der Waals surface area (Å²) < 4.78 is 5.06. The highest BCUT2D eigenvalue weighted by atomic mass is 32.2. The molecule has 0 N–H and O–H groups in total. The first kappa shape index (κ1) is 19.4. The van der Waals surface area contributed by atoms with Crippen molar-refractivity contribution in [3.63, 3.8) is 0 Å². The van der Waals surface area contributed by atoms with Crippen LogP contribution in [0, 0.1) is 5.92 Å². The minimum Gasteiger partial charge on any atom is -0.466 e. The zero-order valence-corrected chi connectivity index (χ0v) is 16.2. The van der Waals surface area contributed by atoms with E-state index in [2.05, 4.69) is 10.2 Å². The lowest BCUT2D eigenvalue weighted by molar-refractivity contribution is -0.151. The van der Waals surface area contributed by atoms with Crippen LogP contribution in [-0.2, 0) is 14.3 Å². The summed E-state index contributed by atoms with van der Waals surface area (Å²) in [5, 5.41) is 9.17. The predicted octanol–water partition coefficient (Wildman–Crippen LogP) is 3.04. The minimum atomic E-state index is -0.146. The van der Waals surface area contributed by atoms with E-state index < -0.39 is 0 Å². The molecule has 1 aromatic carbocycles. The molecule has 1 saturated heterocycles. The van der Waals surface area contributed by atoms with Crippen molar-refractivity contribution in [2.24, 2.45) is 5.92 Å². The summed E-state index contributed by atoms with van der Waals surface area (Å²) in [6.07, 6.45) is 1.33. The van der Waals surface area contributed by atoms with Crippen LogP contribution in [0.5, 0.6) is 0 Å². The number of rotatable bonds is 6. The Morgan fingerprint density at radius 3 is 2.48 bits per heavy atom. The summed E-state index contributed by atoms with van der Waals surface area (Å²) in [5.74, 6) is 0.158. The number of piperidine rings is 1. The van der Waals surface area contributed by atoms with Gasteiger partial charge in [-0.25, -0.2) is 0 Å². The standard InChI is InChI=1S/C20H23N3O3S/c1-2-26-20(25)16-10-12-23(13-11-16)19(24)14-27-18-9-8-17(21-22-18)15-6-4-3-5-7-15/h3-9,16H,2,10-14H2,1H3. The molecule has 0 unspecified atom stereocenters. The zero-order chi connectivity index (χ0) is 19.1. The number of ether oxygens (including phenoxy) is 1. The normalized spacial score (nSPS) is 14.8. The number of likely N-dealkylation sites (tertiary alicyclic amines) is 1. The van der Waals surface area contributed by atoms with Crippen molar-refractivity contribution in [1.29, 1.82) is 0 Å². The Morgan fingerprint density at radius 2 is 1.85 bits per heavy atom. The highest BCUT2D eigenvalue weighted by Gasteiger charge is 2.28. The van der Waals surface area contributed by atoms with E-state index in [1.165, 1.54) is 11.8 Å². The number of thioether (sulfide) groups is 1. The maximum atomic E-state index is 12.4. The molecule has 2 aromatic rings. The van der Waals surface area contributed by atoms with Gasteiger partial charge in [-0.2, -0.15) is 0 Å². The molecule has 1 fully saturated rings. The average molecular weight is 385 g/mol. The zero-order valence-electron chi connectivity index (χ0n) is 15.3. The second-order valence-electron chi connectivity index (χ2n) is 6.32. The summed E-state index contributed by atoms with van der Waals surface area (Å²) in [4.78, 5) is 26.0. The lowest BCUT2D eigenvalue weighted by Crippen LogP contribution is -2.41. The molecule has 1 aromatic heterocycles. The van der Waals surface area contributed by atoms with Gasteiger partial charge in [0.2, 0.25) is 5.91 Å². The molecular formula is C20H23N3O3S. The van der Waals surface area contributed by atoms with Gasteiger partial charge in [0.1, 0.15) is 5.03 Å². The first-order chi connectivity index (χ1) is 13.2. The Morgan fingerprint density at radius 1 is 1.11 bits per heavy atom. The summed E-state index contributed by atoms with van der Waals surface area (Å²) in [5.41, 5.74) is 1.83. The van der Waals surface area contributed by atoms with Gasteiger partial charge in [0, 0.05) is 18.7 Å². The van der Waals surface area contributed by atoms with Crippen molar-refractivity contribution in [3.8, 4) is 11.3 Å². The number of esters is 1. The number of benzene rings is 1. The first-order valence-corrected chi connectivity index (χ1v) is 10.1. The Labute approximate surface area is 163 Å². The van der Waals surface area contributed by atoms with Crippen LogP contribution in [0.3, 0.4) is 0 Å². The molecule has 0 atom stereocenters. The van der Waals surface area contributed by atoms with Crippen molar-refractivity contribution in [2.75, 3.05) is 25.4 Å². The van der Waals surface area contributed by atoms with Gasteiger partial charge in [-0.15, -0.1) is 10.2 Å². The van der Waals surface area contributed by atoms with Crippen molar-refractivity contribution in [2.45, 2.75) is 24.8 Å². The number of carbonyl (C=O) groups is 2. The topological polar surface area (TPSA) is 72.4 Å². The second kappa shape index (κ2) is 9.50. The van der Waals surface area contributed by atoms with Crippen molar-refractivity contribution in [1.82, 2.24) is 15.1 Å². The van der Waals surface area contributed by atoms with Crippen LogP contribution in [0.15, 0.2) is 47.5 Å². The molecule has 27 heavy (non-hydrogen) atoms. The number of hydrogen-bond acceptors (Lipinski definition) is 6. The molecule has 0 aliphatic carbocycles. The number of carbonyl (C=O) groups excluding carboxylic acids is 2. The van der Waals surface area contributed by atoms with Crippen LogP contribution in [0.1, 0.15) is 19.8 Å². The van der Waals surface area contributed by atoms with Crippen LogP contribution < -0.4 is 0 Å². The average Bonchev–Trinajstić information content (AvgIpc) is 2.73. The van der Waals surface area contributed by atoms with Crippen LogP contribution in [0.4, 0.5) is 0 Å². The number of aromatic nitrogens is 2.